The van der Waals surface area contributed by atoms with Gasteiger partial charge in [0.1, 0.15) is 6.10 Å². The molecule has 11 heteroatoms. The summed E-state index contributed by atoms with van der Waals surface area (Å²) in [5.74, 6) is 1.39. The molecular weight excluding hydrogens is 330 g/mol. The Hall–Kier alpha value is -2.08. The second kappa shape index (κ2) is 8.85. The van der Waals surface area contributed by atoms with Crippen LogP contribution in [0.15, 0.2) is 5.10 Å². The highest BCUT2D eigenvalue weighted by atomic mass is 16.5. The van der Waals surface area contributed by atoms with Gasteiger partial charge in [0, 0.05) is 26.2 Å². The van der Waals surface area contributed by atoms with Crippen LogP contribution in [-0.2, 0) is 9.47 Å². The fourth-order valence-corrected chi connectivity index (χ4v) is 2.44. The molecule has 0 aromatic carbocycles. The van der Waals surface area contributed by atoms with Crippen LogP contribution in [0.4, 0.5) is 17.8 Å². The van der Waals surface area contributed by atoms with Crippen molar-refractivity contribution in [3.8, 4) is 0 Å². The highest BCUT2D eigenvalue weighted by Gasteiger charge is 2.20. The maximum Gasteiger partial charge on any atom is 0.250 e. The molecule has 1 unspecified atom stereocenters. The molecule has 0 aliphatic carbocycles. The van der Waals surface area contributed by atoms with E-state index in [2.05, 4.69) is 25.5 Å². The fraction of sp³-hybridized carbons (Fsp3) is 0.714. The normalized spacial score (nSPS) is 20.1. The fourth-order valence-electron chi connectivity index (χ4n) is 2.44. The summed E-state index contributed by atoms with van der Waals surface area (Å²) in [6.07, 6.45) is 0.152. The Morgan fingerprint density at radius 2 is 1.52 bits per heavy atom. The number of nitrogens with one attached hydrogen (secondary N) is 1. The summed E-state index contributed by atoms with van der Waals surface area (Å²) in [4.78, 5) is 17.4. The first-order chi connectivity index (χ1) is 12.3. The Balaban J connectivity index is 1.80. The van der Waals surface area contributed by atoms with Crippen LogP contribution in [0.2, 0.25) is 0 Å². The highest BCUT2D eigenvalue weighted by molar-refractivity contribution is 5.63. The quantitative estimate of drug-likeness (QED) is 0.402. The summed E-state index contributed by atoms with van der Waals surface area (Å²) >= 11 is 0. The van der Waals surface area contributed by atoms with E-state index < -0.39 is 12.7 Å². The number of aromatic nitrogens is 3. The Morgan fingerprint density at radius 1 is 1.00 bits per heavy atom. The van der Waals surface area contributed by atoms with Gasteiger partial charge in [-0.05, 0) is 0 Å². The number of aliphatic hydroxyl groups excluding tert-OH is 2. The number of hydrogen-bond donors (Lipinski definition) is 3. The van der Waals surface area contributed by atoms with E-state index in [0.29, 0.717) is 64.5 Å². The largest absolute Gasteiger partial charge is 0.393 e. The first-order valence-corrected chi connectivity index (χ1v) is 8.26. The number of morpholine rings is 2. The van der Waals surface area contributed by atoms with Crippen LogP contribution in [0, 0.1) is 0 Å². The smallest absolute Gasteiger partial charge is 0.250 e. The van der Waals surface area contributed by atoms with E-state index in [1.54, 1.807) is 0 Å². The summed E-state index contributed by atoms with van der Waals surface area (Å²) < 4.78 is 10.7. The van der Waals surface area contributed by atoms with Crippen LogP contribution < -0.4 is 15.2 Å². The monoisotopic (exact) mass is 353 g/mol. The van der Waals surface area contributed by atoms with Crippen molar-refractivity contribution in [1.82, 2.24) is 15.0 Å². The van der Waals surface area contributed by atoms with Crippen LogP contribution in [0.1, 0.15) is 0 Å². The Morgan fingerprint density at radius 3 is 2.00 bits per heavy atom. The molecule has 1 atom stereocenters. The molecule has 1 aromatic heterocycles. The topological polar surface area (TPSA) is 128 Å². The maximum absolute atomic E-state index is 9.32. The van der Waals surface area contributed by atoms with Crippen molar-refractivity contribution >= 4 is 24.1 Å². The number of nitrogens with zero attached hydrogens (tertiary/aromatic N) is 6. The van der Waals surface area contributed by atoms with Gasteiger partial charge in [-0.3, -0.25) is 0 Å². The molecule has 1 aromatic rings. The van der Waals surface area contributed by atoms with Gasteiger partial charge in [0.05, 0.1) is 39.2 Å². The molecule has 138 valence electrons. The molecule has 2 saturated heterocycles. The Labute approximate surface area is 145 Å². The Bertz CT molecular complexity index is 540. The zero-order valence-electron chi connectivity index (χ0n) is 13.9. The lowest BCUT2D eigenvalue weighted by Crippen LogP contribution is -2.40. The number of rotatable bonds is 6. The lowest BCUT2D eigenvalue weighted by molar-refractivity contribution is 0.121. The second-order valence-electron chi connectivity index (χ2n) is 5.60. The zero-order valence-corrected chi connectivity index (χ0v) is 13.9. The van der Waals surface area contributed by atoms with Crippen molar-refractivity contribution in [3.63, 3.8) is 0 Å². The lowest BCUT2D eigenvalue weighted by atomic mass is 10.4. The molecule has 11 nitrogen and oxygen atoms in total. The van der Waals surface area contributed by atoms with Crippen molar-refractivity contribution < 1.29 is 19.7 Å². The Kier molecular flexibility index (Phi) is 6.28. The van der Waals surface area contributed by atoms with Crippen LogP contribution in [-0.4, -0.2) is 96.7 Å². The average molecular weight is 353 g/mol. The van der Waals surface area contributed by atoms with E-state index in [1.807, 2.05) is 9.80 Å². The van der Waals surface area contributed by atoms with Crippen molar-refractivity contribution in [2.45, 2.75) is 6.10 Å². The molecule has 0 spiro atoms. The molecular formula is C14H23N7O4. The van der Waals surface area contributed by atoms with E-state index in [-0.39, 0.29) is 5.95 Å². The van der Waals surface area contributed by atoms with E-state index in [0.717, 1.165) is 0 Å². The molecule has 2 aliphatic rings. The van der Waals surface area contributed by atoms with Crippen LogP contribution in [0.25, 0.3) is 0 Å². The minimum atomic E-state index is -1.04. The van der Waals surface area contributed by atoms with Crippen molar-refractivity contribution in [3.05, 3.63) is 0 Å². The molecule has 2 fully saturated rings. The average Bonchev–Trinajstić information content (AvgIpc) is 2.69. The number of anilines is 3. The third-order valence-corrected chi connectivity index (χ3v) is 3.80. The van der Waals surface area contributed by atoms with Crippen molar-refractivity contribution in [2.75, 3.05) is 74.4 Å². The summed E-state index contributed by atoms with van der Waals surface area (Å²) in [6, 6.07) is 0. The zero-order chi connectivity index (χ0) is 17.5. The van der Waals surface area contributed by atoms with Gasteiger partial charge in [-0.15, -0.1) is 0 Å². The molecule has 2 aliphatic heterocycles. The van der Waals surface area contributed by atoms with Gasteiger partial charge in [0.25, 0.3) is 0 Å². The first-order valence-electron chi connectivity index (χ1n) is 8.26. The van der Waals surface area contributed by atoms with Gasteiger partial charge in [-0.25, -0.2) is 5.43 Å². The van der Waals surface area contributed by atoms with Gasteiger partial charge in [-0.1, -0.05) is 0 Å². The lowest BCUT2D eigenvalue weighted by Gasteiger charge is -2.30. The van der Waals surface area contributed by atoms with E-state index in [1.165, 1.54) is 6.21 Å². The number of hydrazone groups is 1. The van der Waals surface area contributed by atoms with Crippen LogP contribution >= 0.6 is 0 Å². The van der Waals surface area contributed by atoms with Crippen LogP contribution in [0.5, 0.6) is 0 Å². The van der Waals surface area contributed by atoms with Crippen molar-refractivity contribution in [2.24, 2.45) is 5.10 Å². The highest BCUT2D eigenvalue weighted by Crippen LogP contribution is 2.18. The first kappa shape index (κ1) is 17.7. The molecule has 25 heavy (non-hydrogen) atoms. The summed E-state index contributed by atoms with van der Waals surface area (Å²) in [5, 5.41) is 22.0. The van der Waals surface area contributed by atoms with Gasteiger partial charge in [0.2, 0.25) is 17.8 Å². The molecule has 3 N–H and O–H groups in total. The molecule has 0 saturated carbocycles. The molecule has 3 heterocycles. The third kappa shape index (κ3) is 4.95. The van der Waals surface area contributed by atoms with Gasteiger partial charge >= 0.3 is 0 Å². The molecule has 0 amide bonds. The van der Waals surface area contributed by atoms with E-state index in [4.69, 9.17) is 14.6 Å². The third-order valence-electron chi connectivity index (χ3n) is 3.80. The van der Waals surface area contributed by atoms with Gasteiger partial charge in [0.15, 0.2) is 0 Å². The van der Waals surface area contributed by atoms with Gasteiger partial charge < -0.3 is 29.5 Å². The molecule has 0 radical (unpaired) electrons. The summed E-state index contributed by atoms with van der Waals surface area (Å²) in [5.41, 5.74) is 2.69. The van der Waals surface area contributed by atoms with Crippen molar-refractivity contribution in [1.29, 1.82) is 0 Å². The van der Waals surface area contributed by atoms with Crippen LogP contribution in [0.3, 0.4) is 0 Å². The second-order valence-corrected chi connectivity index (χ2v) is 5.60. The SMILES string of the molecule is OCC(O)C=NNc1nc(N2CCOCC2)nc(N2CCOCC2)n1. The predicted molar refractivity (Wildman–Crippen MR) is 91.1 cm³/mol. The maximum atomic E-state index is 9.32. The minimum Gasteiger partial charge on any atom is -0.393 e. The molecule has 0 bridgehead atoms. The van der Waals surface area contributed by atoms with E-state index in [9.17, 15) is 5.11 Å². The number of aliphatic hydroxyl groups is 2. The van der Waals surface area contributed by atoms with E-state index >= 15 is 0 Å². The predicted octanol–water partition coefficient (Wildman–Crippen LogP) is -1.70. The standard InChI is InChI=1S/C14H23N7O4/c22-10-11(23)9-15-19-12-16-13(20-1-5-24-6-2-20)18-14(17-12)21-3-7-25-8-4-21/h9,11,22-23H,1-8,10H2,(H,16,17,18,19). The summed E-state index contributed by atoms with van der Waals surface area (Å²) in [7, 11) is 0. The number of ether oxygens (including phenoxy) is 2. The minimum absolute atomic E-state index is 0.277. The molecule has 3 rings (SSSR count). The summed E-state index contributed by atoms with van der Waals surface area (Å²) in [6.45, 7) is 4.93. The van der Waals surface area contributed by atoms with Gasteiger partial charge in [-0.2, -0.15) is 20.1 Å². The number of hydrogen-bond acceptors (Lipinski definition) is 11.